The largest absolute Gasteiger partial charge is 0.274 e. The van der Waals surface area contributed by atoms with E-state index < -0.39 is 0 Å². The van der Waals surface area contributed by atoms with Crippen LogP contribution in [0.25, 0.3) is 0 Å². The molecule has 2 aliphatic carbocycles. The predicted molar refractivity (Wildman–Crippen MR) is 92.9 cm³/mol. The summed E-state index contributed by atoms with van der Waals surface area (Å²) in [5.74, 6) is -0.542. The number of halogens is 1. The van der Waals surface area contributed by atoms with Crippen LogP contribution in [-0.2, 0) is 22.4 Å². The van der Waals surface area contributed by atoms with Crippen LogP contribution >= 0.6 is 22.9 Å². The Labute approximate surface area is 149 Å². The molecule has 1 fully saturated rings. The van der Waals surface area contributed by atoms with Gasteiger partial charge < -0.3 is 0 Å². The Morgan fingerprint density at radius 1 is 1.29 bits per heavy atom. The highest BCUT2D eigenvalue weighted by Crippen LogP contribution is 2.46. The van der Waals surface area contributed by atoms with Crippen LogP contribution in [0.15, 0.2) is 11.1 Å². The fourth-order valence-corrected chi connectivity index (χ4v) is 5.60. The van der Waals surface area contributed by atoms with Gasteiger partial charge in [0, 0.05) is 9.91 Å². The first-order valence-electron chi connectivity index (χ1n) is 8.28. The molecule has 2 amide bonds. The Kier molecular flexibility index (Phi) is 3.78. The molecule has 3 aliphatic rings. The SMILES string of the molecule is C[C@@H]1CCc2sc(N3C(=O)[C@H]4CC=C(Cl)C[C@H]4C3=O)c(C#N)c2C1. The molecule has 3 atom stereocenters. The number of hydrogen-bond acceptors (Lipinski definition) is 4. The molecule has 6 heteroatoms. The smallest absolute Gasteiger partial charge is 0.238 e. The molecule has 1 saturated heterocycles. The third kappa shape index (κ3) is 2.24. The fourth-order valence-electron chi connectivity index (χ4n) is 4.04. The van der Waals surface area contributed by atoms with Crippen molar-refractivity contribution in [3.63, 3.8) is 0 Å². The van der Waals surface area contributed by atoms with Crippen molar-refractivity contribution in [2.24, 2.45) is 17.8 Å². The standard InChI is InChI=1S/C18H17ClN2O2S/c1-9-2-5-15-12(6-9)14(8-20)18(24-15)21-16(22)11-4-3-10(19)7-13(11)17(21)23/h3,9,11,13H,2,4-7H2,1H3/t9-,11+,13-/m1/s1. The summed E-state index contributed by atoms with van der Waals surface area (Å²) < 4.78 is 0. The van der Waals surface area contributed by atoms with Crippen molar-refractivity contribution in [2.75, 3.05) is 4.90 Å². The van der Waals surface area contributed by atoms with Gasteiger partial charge in [0.05, 0.1) is 17.4 Å². The van der Waals surface area contributed by atoms with Crippen LogP contribution < -0.4 is 4.90 Å². The van der Waals surface area contributed by atoms with Crippen LogP contribution in [0.3, 0.4) is 0 Å². The van der Waals surface area contributed by atoms with Gasteiger partial charge in [-0.05, 0) is 43.6 Å². The maximum Gasteiger partial charge on any atom is 0.238 e. The highest BCUT2D eigenvalue weighted by Gasteiger charge is 2.50. The number of nitrogens with zero attached hydrogens (tertiary/aromatic N) is 2. The van der Waals surface area contributed by atoms with Crippen molar-refractivity contribution in [2.45, 2.75) is 39.0 Å². The summed E-state index contributed by atoms with van der Waals surface area (Å²) in [5.41, 5.74) is 1.57. The number of rotatable bonds is 1. The third-order valence-electron chi connectivity index (χ3n) is 5.37. The van der Waals surface area contributed by atoms with Gasteiger partial charge in [0.25, 0.3) is 0 Å². The minimum Gasteiger partial charge on any atom is -0.274 e. The molecule has 2 heterocycles. The molecule has 24 heavy (non-hydrogen) atoms. The number of aryl methyl sites for hydroxylation is 1. The minimum absolute atomic E-state index is 0.173. The minimum atomic E-state index is -0.375. The number of nitriles is 1. The first-order chi connectivity index (χ1) is 11.5. The molecule has 0 bridgehead atoms. The number of hydrogen-bond donors (Lipinski definition) is 0. The van der Waals surface area contributed by atoms with Gasteiger partial charge in [-0.3, -0.25) is 9.59 Å². The Morgan fingerprint density at radius 2 is 2.04 bits per heavy atom. The summed E-state index contributed by atoms with van der Waals surface area (Å²) in [6, 6.07) is 2.26. The second-order valence-corrected chi connectivity index (χ2v) is 8.53. The second-order valence-electron chi connectivity index (χ2n) is 6.96. The van der Waals surface area contributed by atoms with Crippen LogP contribution in [0.1, 0.15) is 42.2 Å². The van der Waals surface area contributed by atoms with Crippen LogP contribution in [0.2, 0.25) is 0 Å². The van der Waals surface area contributed by atoms with E-state index in [1.54, 1.807) is 0 Å². The predicted octanol–water partition coefficient (Wildman–Crippen LogP) is 3.77. The zero-order valence-electron chi connectivity index (χ0n) is 13.3. The maximum atomic E-state index is 12.9. The number of anilines is 1. The zero-order chi connectivity index (χ0) is 17.0. The molecule has 1 aromatic rings. The quantitative estimate of drug-likeness (QED) is 0.716. The molecular formula is C18H17ClN2O2S. The molecule has 4 nitrogen and oxygen atoms in total. The molecule has 0 spiro atoms. The van der Waals surface area contributed by atoms with Gasteiger partial charge in [-0.2, -0.15) is 5.26 Å². The first-order valence-corrected chi connectivity index (χ1v) is 9.47. The summed E-state index contributed by atoms with van der Waals surface area (Å²) in [6.45, 7) is 2.18. The maximum absolute atomic E-state index is 12.9. The molecule has 0 unspecified atom stereocenters. The van der Waals surface area contributed by atoms with Gasteiger partial charge in [0.2, 0.25) is 11.8 Å². The summed E-state index contributed by atoms with van der Waals surface area (Å²) in [5, 5.41) is 10.8. The van der Waals surface area contributed by atoms with Crippen LogP contribution in [0.5, 0.6) is 0 Å². The number of allylic oxidation sites excluding steroid dienone is 2. The van der Waals surface area contributed by atoms with E-state index in [0.717, 1.165) is 29.7 Å². The van der Waals surface area contributed by atoms with Gasteiger partial charge in [-0.1, -0.05) is 24.6 Å². The number of carbonyl (C=O) groups excluding carboxylic acids is 2. The summed E-state index contributed by atoms with van der Waals surface area (Å²) >= 11 is 7.53. The van der Waals surface area contributed by atoms with E-state index in [2.05, 4.69) is 13.0 Å². The lowest BCUT2D eigenvalue weighted by Crippen LogP contribution is -2.30. The normalized spacial score (nSPS) is 29.1. The van der Waals surface area contributed by atoms with Gasteiger partial charge in [0.15, 0.2) is 0 Å². The van der Waals surface area contributed by atoms with Crippen molar-refractivity contribution in [3.8, 4) is 6.07 Å². The number of carbonyl (C=O) groups is 2. The zero-order valence-corrected chi connectivity index (χ0v) is 14.9. The molecule has 4 rings (SSSR count). The molecule has 124 valence electrons. The average molecular weight is 361 g/mol. The van der Waals surface area contributed by atoms with Crippen LogP contribution in [-0.4, -0.2) is 11.8 Å². The average Bonchev–Trinajstić information content (AvgIpc) is 3.02. The van der Waals surface area contributed by atoms with E-state index in [-0.39, 0.29) is 23.7 Å². The summed E-state index contributed by atoms with van der Waals surface area (Å²) in [6.07, 6.45) is 5.64. The van der Waals surface area contributed by atoms with Gasteiger partial charge in [-0.25, -0.2) is 4.90 Å². The van der Waals surface area contributed by atoms with E-state index in [0.29, 0.717) is 34.4 Å². The van der Waals surface area contributed by atoms with Crippen LogP contribution in [0.4, 0.5) is 5.00 Å². The Hall–Kier alpha value is -1.64. The lowest BCUT2D eigenvalue weighted by molar-refractivity contribution is -0.122. The van der Waals surface area contributed by atoms with Crippen molar-refractivity contribution in [1.82, 2.24) is 0 Å². The first kappa shape index (κ1) is 15.9. The topological polar surface area (TPSA) is 61.2 Å². The highest BCUT2D eigenvalue weighted by atomic mass is 35.5. The summed E-state index contributed by atoms with van der Waals surface area (Å²) in [7, 11) is 0. The lowest BCUT2D eigenvalue weighted by Gasteiger charge is -2.17. The molecule has 0 aromatic carbocycles. The number of amides is 2. The molecular weight excluding hydrogens is 344 g/mol. The Morgan fingerprint density at radius 3 is 2.79 bits per heavy atom. The second kappa shape index (κ2) is 5.72. The van der Waals surface area contributed by atoms with Crippen molar-refractivity contribution in [3.05, 3.63) is 27.1 Å². The van der Waals surface area contributed by atoms with Crippen molar-refractivity contribution in [1.29, 1.82) is 5.26 Å². The van der Waals surface area contributed by atoms with E-state index in [9.17, 15) is 14.9 Å². The van der Waals surface area contributed by atoms with Gasteiger partial charge in [0.1, 0.15) is 11.1 Å². The van der Waals surface area contributed by atoms with Gasteiger partial charge >= 0.3 is 0 Å². The number of thiophene rings is 1. The number of imide groups is 1. The molecule has 1 aromatic heterocycles. The van der Waals surface area contributed by atoms with E-state index in [4.69, 9.17) is 11.6 Å². The lowest BCUT2D eigenvalue weighted by atomic mass is 9.85. The fraction of sp³-hybridized carbons (Fsp3) is 0.500. The molecule has 0 radical (unpaired) electrons. The van der Waals surface area contributed by atoms with E-state index >= 15 is 0 Å². The van der Waals surface area contributed by atoms with E-state index in [1.807, 2.05) is 6.08 Å². The third-order valence-corrected chi connectivity index (χ3v) is 6.96. The summed E-state index contributed by atoms with van der Waals surface area (Å²) in [4.78, 5) is 28.1. The number of fused-ring (bicyclic) bond motifs is 2. The monoisotopic (exact) mass is 360 g/mol. The van der Waals surface area contributed by atoms with Gasteiger partial charge in [-0.15, -0.1) is 11.3 Å². The Balaban J connectivity index is 1.77. The van der Waals surface area contributed by atoms with Crippen molar-refractivity contribution < 1.29 is 9.59 Å². The highest BCUT2D eigenvalue weighted by molar-refractivity contribution is 7.17. The van der Waals surface area contributed by atoms with Crippen LogP contribution in [0, 0.1) is 29.1 Å². The Bertz CT molecular complexity index is 820. The molecule has 0 saturated carbocycles. The van der Waals surface area contributed by atoms with Crippen molar-refractivity contribution >= 4 is 39.8 Å². The molecule has 1 aliphatic heterocycles. The van der Waals surface area contributed by atoms with E-state index in [1.165, 1.54) is 16.2 Å². The molecule has 0 N–H and O–H groups in total.